The highest BCUT2D eigenvalue weighted by atomic mass is 19.1. The van der Waals surface area contributed by atoms with E-state index in [0.717, 1.165) is 0 Å². The first kappa shape index (κ1) is 11.9. The highest BCUT2D eigenvalue weighted by Gasteiger charge is 2.17. The van der Waals surface area contributed by atoms with Gasteiger partial charge in [-0.1, -0.05) is 13.8 Å². The van der Waals surface area contributed by atoms with Gasteiger partial charge < -0.3 is 10.4 Å². The third-order valence-corrected chi connectivity index (χ3v) is 2.28. The van der Waals surface area contributed by atoms with Crippen LogP contribution in [0.15, 0.2) is 18.3 Å². The quantitative estimate of drug-likeness (QED) is 0.785. The van der Waals surface area contributed by atoms with E-state index in [1.165, 1.54) is 6.07 Å². The van der Waals surface area contributed by atoms with Gasteiger partial charge in [0, 0.05) is 19.3 Å². The molecular weight excluding hydrogens is 195 g/mol. The van der Waals surface area contributed by atoms with Crippen LogP contribution < -0.4 is 5.32 Å². The van der Waals surface area contributed by atoms with Gasteiger partial charge in [-0.15, -0.1) is 0 Å². The molecule has 1 rings (SSSR count). The lowest BCUT2D eigenvalue weighted by Gasteiger charge is -2.24. The molecule has 1 heterocycles. The molecular formula is C11H17FN2O. The molecule has 2 N–H and O–H groups in total. The van der Waals surface area contributed by atoms with Crippen molar-refractivity contribution in [1.29, 1.82) is 0 Å². The van der Waals surface area contributed by atoms with Crippen LogP contribution in [0.4, 0.5) is 10.2 Å². The summed E-state index contributed by atoms with van der Waals surface area (Å²) in [5.41, 5.74) is -0.0707. The van der Waals surface area contributed by atoms with Crippen LogP contribution in [0.3, 0.4) is 0 Å². The van der Waals surface area contributed by atoms with E-state index in [9.17, 15) is 4.39 Å². The second-order valence-corrected chi connectivity index (χ2v) is 4.33. The number of nitrogens with one attached hydrogen (secondary N) is 1. The van der Waals surface area contributed by atoms with Crippen molar-refractivity contribution in [3.05, 3.63) is 24.1 Å². The van der Waals surface area contributed by atoms with Crippen LogP contribution in [0.25, 0.3) is 0 Å². The molecule has 1 aromatic heterocycles. The summed E-state index contributed by atoms with van der Waals surface area (Å²) in [7, 11) is 0. The lowest BCUT2D eigenvalue weighted by molar-refractivity contribution is 0.220. The summed E-state index contributed by atoms with van der Waals surface area (Å²) in [6.45, 7) is 4.75. The lowest BCUT2D eigenvalue weighted by Crippen LogP contribution is -2.25. The Balaban J connectivity index is 2.53. The molecule has 0 atom stereocenters. The summed E-state index contributed by atoms with van der Waals surface area (Å²) in [6.07, 6.45) is 2.22. The number of pyridine rings is 1. The Bertz CT molecular complexity index is 315. The van der Waals surface area contributed by atoms with Crippen LogP contribution in [-0.4, -0.2) is 23.2 Å². The predicted molar refractivity (Wildman–Crippen MR) is 58.2 cm³/mol. The van der Waals surface area contributed by atoms with Gasteiger partial charge >= 0.3 is 0 Å². The second-order valence-electron chi connectivity index (χ2n) is 4.33. The first-order valence-corrected chi connectivity index (χ1v) is 5.00. The van der Waals surface area contributed by atoms with E-state index >= 15 is 0 Å². The van der Waals surface area contributed by atoms with Crippen molar-refractivity contribution >= 4 is 5.82 Å². The fourth-order valence-electron chi connectivity index (χ4n) is 1.23. The Morgan fingerprint density at radius 3 is 2.87 bits per heavy atom. The number of anilines is 1. The monoisotopic (exact) mass is 212 g/mol. The van der Waals surface area contributed by atoms with Crippen molar-refractivity contribution in [2.24, 2.45) is 5.41 Å². The smallest absolute Gasteiger partial charge is 0.165 e. The first-order valence-electron chi connectivity index (χ1n) is 5.00. The van der Waals surface area contributed by atoms with Crippen molar-refractivity contribution in [2.45, 2.75) is 20.3 Å². The molecule has 1 aromatic rings. The molecule has 0 saturated carbocycles. The van der Waals surface area contributed by atoms with Gasteiger partial charge in [0.15, 0.2) is 11.6 Å². The van der Waals surface area contributed by atoms with E-state index < -0.39 is 0 Å². The summed E-state index contributed by atoms with van der Waals surface area (Å²) in [5, 5.41) is 11.8. The topological polar surface area (TPSA) is 45.1 Å². The van der Waals surface area contributed by atoms with Crippen molar-refractivity contribution in [3.63, 3.8) is 0 Å². The Hall–Kier alpha value is -1.16. The van der Waals surface area contributed by atoms with Gasteiger partial charge in [0.25, 0.3) is 0 Å². The highest BCUT2D eigenvalue weighted by Crippen LogP contribution is 2.20. The SMILES string of the molecule is CC(C)(CCO)CNc1ncccc1F. The summed E-state index contributed by atoms with van der Waals surface area (Å²) in [4.78, 5) is 3.89. The third-order valence-electron chi connectivity index (χ3n) is 2.28. The predicted octanol–water partition coefficient (Wildman–Crippen LogP) is 2.04. The van der Waals surface area contributed by atoms with Crippen LogP contribution in [0, 0.1) is 11.2 Å². The second kappa shape index (κ2) is 5.07. The van der Waals surface area contributed by atoms with Gasteiger partial charge in [-0.05, 0) is 24.0 Å². The van der Waals surface area contributed by atoms with Crippen molar-refractivity contribution in [3.8, 4) is 0 Å². The number of hydrogen-bond acceptors (Lipinski definition) is 3. The largest absolute Gasteiger partial charge is 0.396 e. The molecule has 15 heavy (non-hydrogen) atoms. The molecule has 3 nitrogen and oxygen atoms in total. The molecule has 4 heteroatoms. The van der Waals surface area contributed by atoms with E-state index in [1.54, 1.807) is 12.3 Å². The van der Waals surface area contributed by atoms with Crippen LogP contribution in [0.5, 0.6) is 0 Å². The van der Waals surface area contributed by atoms with E-state index in [-0.39, 0.29) is 23.7 Å². The molecule has 0 aliphatic rings. The Labute approximate surface area is 89.4 Å². The fraction of sp³-hybridized carbons (Fsp3) is 0.545. The van der Waals surface area contributed by atoms with Gasteiger partial charge in [0.1, 0.15) is 0 Å². The summed E-state index contributed by atoms with van der Waals surface area (Å²) < 4.78 is 13.2. The molecule has 0 spiro atoms. The molecule has 0 amide bonds. The Morgan fingerprint density at radius 1 is 1.53 bits per heavy atom. The molecule has 0 aromatic carbocycles. The maximum atomic E-state index is 13.2. The molecule has 0 bridgehead atoms. The van der Waals surface area contributed by atoms with Crippen molar-refractivity contribution in [1.82, 2.24) is 4.98 Å². The zero-order valence-electron chi connectivity index (χ0n) is 9.13. The van der Waals surface area contributed by atoms with Gasteiger partial charge in [-0.3, -0.25) is 0 Å². The average molecular weight is 212 g/mol. The number of hydrogen-bond donors (Lipinski definition) is 2. The Morgan fingerprint density at radius 2 is 2.27 bits per heavy atom. The van der Waals surface area contributed by atoms with Crippen molar-refractivity contribution < 1.29 is 9.50 Å². The zero-order valence-corrected chi connectivity index (χ0v) is 9.13. The molecule has 0 unspecified atom stereocenters. The molecule has 0 fully saturated rings. The number of halogens is 1. The number of aliphatic hydroxyl groups excluding tert-OH is 1. The molecule has 0 aliphatic carbocycles. The van der Waals surface area contributed by atoms with Gasteiger partial charge in [0.05, 0.1) is 0 Å². The Kier molecular flexibility index (Phi) is 4.03. The number of aromatic nitrogens is 1. The fourth-order valence-corrected chi connectivity index (χ4v) is 1.23. The lowest BCUT2D eigenvalue weighted by atomic mass is 9.90. The molecule has 0 radical (unpaired) electrons. The standard InChI is InChI=1S/C11H17FN2O/c1-11(2,5-7-15)8-14-10-9(12)4-3-6-13-10/h3-4,6,15H,5,7-8H2,1-2H3,(H,13,14). The van der Waals surface area contributed by atoms with E-state index in [0.29, 0.717) is 13.0 Å². The highest BCUT2D eigenvalue weighted by molar-refractivity contribution is 5.35. The molecule has 0 aliphatic heterocycles. The maximum Gasteiger partial charge on any atom is 0.165 e. The normalized spacial score (nSPS) is 11.5. The summed E-state index contributed by atoms with van der Waals surface area (Å²) in [6, 6.07) is 2.92. The number of nitrogens with zero attached hydrogens (tertiary/aromatic N) is 1. The number of aliphatic hydroxyl groups is 1. The molecule has 0 saturated heterocycles. The number of rotatable bonds is 5. The first-order chi connectivity index (χ1) is 7.05. The van der Waals surface area contributed by atoms with Crippen LogP contribution in [0.1, 0.15) is 20.3 Å². The zero-order chi connectivity index (χ0) is 11.3. The van der Waals surface area contributed by atoms with Gasteiger partial charge in [0.2, 0.25) is 0 Å². The summed E-state index contributed by atoms with van der Waals surface area (Å²) >= 11 is 0. The minimum atomic E-state index is -0.350. The van der Waals surface area contributed by atoms with E-state index in [2.05, 4.69) is 10.3 Å². The molecule has 84 valence electrons. The third kappa shape index (κ3) is 3.83. The van der Waals surface area contributed by atoms with Gasteiger partial charge in [-0.25, -0.2) is 9.37 Å². The summed E-state index contributed by atoms with van der Waals surface area (Å²) in [5.74, 6) is -0.0826. The van der Waals surface area contributed by atoms with Crippen LogP contribution >= 0.6 is 0 Å². The van der Waals surface area contributed by atoms with Crippen LogP contribution in [-0.2, 0) is 0 Å². The average Bonchev–Trinajstić information content (AvgIpc) is 2.16. The maximum absolute atomic E-state index is 13.2. The minimum absolute atomic E-state index is 0.0707. The van der Waals surface area contributed by atoms with Crippen molar-refractivity contribution in [2.75, 3.05) is 18.5 Å². The van der Waals surface area contributed by atoms with E-state index in [4.69, 9.17) is 5.11 Å². The van der Waals surface area contributed by atoms with E-state index in [1.807, 2.05) is 13.8 Å². The minimum Gasteiger partial charge on any atom is -0.396 e. The van der Waals surface area contributed by atoms with Gasteiger partial charge in [-0.2, -0.15) is 0 Å². The van der Waals surface area contributed by atoms with Crippen LogP contribution in [0.2, 0.25) is 0 Å².